The molecule has 0 atom stereocenters. The first-order valence-corrected chi connectivity index (χ1v) is 5.74. The van der Waals surface area contributed by atoms with Gasteiger partial charge >= 0.3 is 0 Å². The molecular weight excluding hydrogens is 232 g/mol. The lowest BCUT2D eigenvalue weighted by Gasteiger charge is -2.05. The number of hydrogen-bond acceptors (Lipinski definition) is 4. The Bertz CT molecular complexity index is 402. The highest BCUT2D eigenvalue weighted by atomic mass is 16.5. The van der Waals surface area contributed by atoms with E-state index in [9.17, 15) is 4.79 Å². The van der Waals surface area contributed by atoms with Gasteiger partial charge in [-0.25, -0.2) is 0 Å². The molecular formula is C14H18O4. The van der Waals surface area contributed by atoms with Crippen LogP contribution in [-0.2, 0) is 4.79 Å². The van der Waals surface area contributed by atoms with E-state index in [2.05, 4.69) is 0 Å². The molecule has 18 heavy (non-hydrogen) atoms. The Kier molecular flexibility index (Phi) is 5.94. The fourth-order valence-electron chi connectivity index (χ4n) is 1.45. The zero-order valence-corrected chi connectivity index (χ0v) is 10.7. The van der Waals surface area contributed by atoms with Crippen LogP contribution in [0.4, 0.5) is 0 Å². The van der Waals surface area contributed by atoms with Gasteiger partial charge in [-0.15, -0.1) is 0 Å². The van der Waals surface area contributed by atoms with Crippen molar-refractivity contribution in [2.24, 2.45) is 0 Å². The Hall–Kier alpha value is -1.81. The summed E-state index contributed by atoms with van der Waals surface area (Å²) in [7, 11) is 3.16. The maximum atomic E-state index is 11.4. The van der Waals surface area contributed by atoms with Crippen molar-refractivity contribution in [1.82, 2.24) is 0 Å². The Morgan fingerprint density at radius 2 is 1.83 bits per heavy atom. The lowest BCUT2D eigenvalue weighted by Crippen LogP contribution is -1.94. The summed E-state index contributed by atoms with van der Waals surface area (Å²) in [6.07, 6.45) is 4.06. The molecule has 0 aliphatic rings. The van der Waals surface area contributed by atoms with E-state index in [4.69, 9.17) is 14.6 Å². The first kappa shape index (κ1) is 14.3. The van der Waals surface area contributed by atoms with Crippen molar-refractivity contribution in [2.45, 2.75) is 12.8 Å². The Morgan fingerprint density at radius 3 is 2.33 bits per heavy atom. The molecule has 1 aromatic carbocycles. The number of ether oxygens (including phenoxy) is 2. The quantitative estimate of drug-likeness (QED) is 0.752. The minimum Gasteiger partial charge on any atom is -0.497 e. The molecule has 0 saturated carbocycles. The first-order chi connectivity index (χ1) is 8.69. The summed E-state index contributed by atoms with van der Waals surface area (Å²) in [6.45, 7) is 0.0343. The second-order valence-corrected chi connectivity index (χ2v) is 3.77. The van der Waals surface area contributed by atoms with Crippen molar-refractivity contribution in [3.05, 3.63) is 29.8 Å². The molecule has 0 aliphatic carbocycles. The molecule has 0 amide bonds. The van der Waals surface area contributed by atoms with Gasteiger partial charge in [-0.3, -0.25) is 4.79 Å². The molecule has 98 valence electrons. The summed E-state index contributed by atoms with van der Waals surface area (Å²) in [6, 6.07) is 5.40. The van der Waals surface area contributed by atoms with Crippen LogP contribution < -0.4 is 9.47 Å². The average Bonchev–Trinajstić information content (AvgIpc) is 2.42. The fraction of sp³-hybridized carbons (Fsp3) is 0.357. The first-order valence-electron chi connectivity index (χ1n) is 5.74. The molecule has 0 saturated heterocycles. The maximum absolute atomic E-state index is 11.4. The summed E-state index contributed by atoms with van der Waals surface area (Å²) in [5.41, 5.74) is 0.837. The summed E-state index contributed by atoms with van der Waals surface area (Å²) in [5.74, 6) is 1.35. The van der Waals surface area contributed by atoms with Gasteiger partial charge in [-0.05, 0) is 30.2 Å². The average molecular weight is 250 g/mol. The Balaban J connectivity index is 2.76. The minimum atomic E-state index is -0.00848. The van der Waals surface area contributed by atoms with Crippen molar-refractivity contribution in [1.29, 1.82) is 0 Å². The van der Waals surface area contributed by atoms with E-state index in [1.165, 1.54) is 6.08 Å². The number of methoxy groups -OCH3 is 2. The third kappa shape index (κ3) is 4.59. The van der Waals surface area contributed by atoms with Gasteiger partial charge in [0.05, 0.1) is 14.2 Å². The van der Waals surface area contributed by atoms with Crippen LogP contribution in [0, 0.1) is 0 Å². The summed E-state index contributed by atoms with van der Waals surface area (Å²) in [5, 5.41) is 8.63. The van der Waals surface area contributed by atoms with E-state index in [1.54, 1.807) is 26.4 Å². The monoisotopic (exact) mass is 250 g/mol. The van der Waals surface area contributed by atoms with Gasteiger partial charge in [0.2, 0.25) is 0 Å². The number of rotatable bonds is 7. The highest BCUT2D eigenvalue weighted by Crippen LogP contribution is 2.23. The van der Waals surface area contributed by atoms with Crippen LogP contribution in [0.2, 0.25) is 0 Å². The van der Waals surface area contributed by atoms with Crippen LogP contribution in [-0.4, -0.2) is 31.7 Å². The van der Waals surface area contributed by atoms with Gasteiger partial charge in [-0.1, -0.05) is 6.08 Å². The highest BCUT2D eigenvalue weighted by Gasteiger charge is 2.00. The van der Waals surface area contributed by atoms with E-state index < -0.39 is 0 Å². The number of carbonyl (C=O) groups is 1. The van der Waals surface area contributed by atoms with Gasteiger partial charge in [0, 0.05) is 19.1 Å². The summed E-state index contributed by atoms with van der Waals surface area (Å²) < 4.78 is 10.3. The standard InChI is InChI=1S/C14H18O4/c1-17-13-8-11(9-14(10-13)18-2)5-6-12(16)4-3-7-15/h5-6,8-10,15H,3-4,7H2,1-2H3/b6-5+. The second-order valence-electron chi connectivity index (χ2n) is 3.77. The molecule has 0 radical (unpaired) electrons. The zero-order chi connectivity index (χ0) is 13.4. The van der Waals surface area contributed by atoms with Crippen LogP contribution in [0.1, 0.15) is 18.4 Å². The predicted octanol–water partition coefficient (Wildman–Crippen LogP) is 2.06. The van der Waals surface area contributed by atoms with Crippen LogP contribution in [0.3, 0.4) is 0 Å². The predicted molar refractivity (Wildman–Crippen MR) is 69.9 cm³/mol. The van der Waals surface area contributed by atoms with Crippen LogP contribution in [0.25, 0.3) is 6.08 Å². The van der Waals surface area contributed by atoms with Gasteiger partial charge in [0.15, 0.2) is 5.78 Å². The van der Waals surface area contributed by atoms with E-state index in [1.807, 2.05) is 12.1 Å². The summed E-state index contributed by atoms with van der Waals surface area (Å²) in [4.78, 5) is 11.4. The summed E-state index contributed by atoms with van der Waals surface area (Å²) >= 11 is 0. The van der Waals surface area contributed by atoms with Crippen LogP contribution in [0.5, 0.6) is 11.5 Å². The zero-order valence-electron chi connectivity index (χ0n) is 10.7. The number of benzene rings is 1. The molecule has 0 heterocycles. The normalized spacial score (nSPS) is 10.6. The molecule has 4 nitrogen and oxygen atoms in total. The van der Waals surface area contributed by atoms with E-state index >= 15 is 0 Å². The molecule has 0 fully saturated rings. The van der Waals surface area contributed by atoms with Crippen molar-refractivity contribution >= 4 is 11.9 Å². The van der Waals surface area contributed by atoms with Crippen molar-refractivity contribution in [2.75, 3.05) is 20.8 Å². The molecule has 0 spiro atoms. The fourth-order valence-corrected chi connectivity index (χ4v) is 1.45. The lowest BCUT2D eigenvalue weighted by molar-refractivity contribution is -0.114. The number of hydrogen-bond donors (Lipinski definition) is 1. The van der Waals surface area contributed by atoms with E-state index in [0.29, 0.717) is 24.3 Å². The Morgan fingerprint density at radius 1 is 1.22 bits per heavy atom. The number of allylic oxidation sites excluding steroid dienone is 1. The third-order valence-corrected chi connectivity index (χ3v) is 2.42. The largest absolute Gasteiger partial charge is 0.497 e. The molecule has 0 aromatic heterocycles. The topological polar surface area (TPSA) is 55.8 Å². The number of aliphatic hydroxyl groups is 1. The molecule has 1 N–H and O–H groups in total. The minimum absolute atomic E-state index is 0.00848. The molecule has 0 unspecified atom stereocenters. The lowest BCUT2D eigenvalue weighted by atomic mass is 10.1. The van der Waals surface area contributed by atoms with Gasteiger partial charge in [0.1, 0.15) is 11.5 Å². The SMILES string of the molecule is COc1cc(/C=C/C(=O)CCCO)cc(OC)c1. The van der Waals surface area contributed by atoms with Gasteiger partial charge < -0.3 is 14.6 Å². The van der Waals surface area contributed by atoms with Crippen molar-refractivity contribution in [3.8, 4) is 11.5 Å². The van der Waals surface area contributed by atoms with Gasteiger partial charge in [-0.2, -0.15) is 0 Å². The third-order valence-electron chi connectivity index (χ3n) is 2.42. The van der Waals surface area contributed by atoms with Gasteiger partial charge in [0.25, 0.3) is 0 Å². The van der Waals surface area contributed by atoms with Crippen LogP contribution in [0.15, 0.2) is 24.3 Å². The smallest absolute Gasteiger partial charge is 0.155 e. The number of carbonyl (C=O) groups excluding carboxylic acids is 1. The Labute approximate surface area is 107 Å². The van der Waals surface area contributed by atoms with Crippen molar-refractivity contribution in [3.63, 3.8) is 0 Å². The van der Waals surface area contributed by atoms with Crippen molar-refractivity contribution < 1.29 is 19.4 Å². The maximum Gasteiger partial charge on any atom is 0.155 e. The molecule has 4 heteroatoms. The van der Waals surface area contributed by atoms with Crippen LogP contribution >= 0.6 is 0 Å². The second kappa shape index (κ2) is 7.50. The molecule has 1 aromatic rings. The highest BCUT2D eigenvalue weighted by molar-refractivity contribution is 5.93. The van der Waals surface area contributed by atoms with E-state index in [0.717, 1.165) is 5.56 Å². The molecule has 1 rings (SSSR count). The number of aliphatic hydroxyl groups excluding tert-OH is 1. The van der Waals surface area contributed by atoms with E-state index in [-0.39, 0.29) is 12.4 Å². The molecule has 0 aliphatic heterocycles. The number of ketones is 1. The molecule has 0 bridgehead atoms.